The van der Waals surface area contributed by atoms with Gasteiger partial charge in [0.25, 0.3) is 0 Å². The number of carbonyl (C=O) groups is 2. The van der Waals surface area contributed by atoms with Crippen LogP contribution in [0.25, 0.3) is 0 Å². The molecule has 6 heteroatoms. The standard InChI is InChI=1S/C14H21N3O3/c1-4-10(2)9-17(3)14(20)16-8-11-5-6-12(13(18)19)15-7-11/h5-7,10H,4,8-9H2,1-3H3,(H,16,20)(H,18,19). The SMILES string of the molecule is CCC(C)CN(C)C(=O)NCc1ccc(C(=O)O)nc1. The van der Waals surface area contributed by atoms with Crippen molar-refractivity contribution < 1.29 is 14.7 Å². The van der Waals surface area contributed by atoms with Crippen molar-refractivity contribution in [1.29, 1.82) is 0 Å². The Hall–Kier alpha value is -2.11. The van der Waals surface area contributed by atoms with Crippen LogP contribution in [0.1, 0.15) is 36.3 Å². The van der Waals surface area contributed by atoms with Crippen LogP contribution in [0.2, 0.25) is 0 Å². The van der Waals surface area contributed by atoms with Crippen LogP contribution in [0.4, 0.5) is 4.79 Å². The molecule has 1 unspecified atom stereocenters. The summed E-state index contributed by atoms with van der Waals surface area (Å²) in [5.74, 6) is -0.601. The molecule has 2 amide bonds. The highest BCUT2D eigenvalue weighted by Gasteiger charge is 2.11. The van der Waals surface area contributed by atoms with Gasteiger partial charge >= 0.3 is 12.0 Å². The molecular weight excluding hydrogens is 258 g/mol. The number of carboxylic acids is 1. The van der Waals surface area contributed by atoms with E-state index in [9.17, 15) is 9.59 Å². The third-order valence-corrected chi connectivity index (χ3v) is 3.12. The van der Waals surface area contributed by atoms with Gasteiger partial charge in [0, 0.05) is 26.3 Å². The molecule has 0 saturated carbocycles. The number of nitrogens with zero attached hydrogens (tertiary/aromatic N) is 2. The van der Waals surface area contributed by atoms with Gasteiger partial charge in [0.05, 0.1) is 0 Å². The highest BCUT2D eigenvalue weighted by Crippen LogP contribution is 2.04. The molecule has 0 saturated heterocycles. The second-order valence-electron chi connectivity index (χ2n) is 4.91. The largest absolute Gasteiger partial charge is 0.477 e. The van der Waals surface area contributed by atoms with E-state index in [1.54, 1.807) is 18.0 Å². The number of hydrogen-bond acceptors (Lipinski definition) is 3. The molecule has 1 rings (SSSR count). The van der Waals surface area contributed by atoms with Crippen LogP contribution in [-0.2, 0) is 6.54 Å². The molecule has 0 radical (unpaired) electrons. The lowest BCUT2D eigenvalue weighted by Gasteiger charge is -2.21. The highest BCUT2D eigenvalue weighted by molar-refractivity contribution is 5.85. The molecule has 0 spiro atoms. The van der Waals surface area contributed by atoms with Gasteiger partial charge in [-0.1, -0.05) is 26.3 Å². The first kappa shape index (κ1) is 15.9. The number of rotatable bonds is 6. The molecule has 0 aliphatic carbocycles. The smallest absolute Gasteiger partial charge is 0.354 e. The average molecular weight is 279 g/mol. The fourth-order valence-corrected chi connectivity index (χ4v) is 1.65. The maximum Gasteiger partial charge on any atom is 0.354 e. The Morgan fingerprint density at radius 1 is 1.45 bits per heavy atom. The number of carbonyl (C=O) groups excluding carboxylic acids is 1. The summed E-state index contributed by atoms with van der Waals surface area (Å²) in [5, 5.41) is 11.5. The topological polar surface area (TPSA) is 82.5 Å². The van der Waals surface area contributed by atoms with Gasteiger partial charge in [0.1, 0.15) is 5.69 Å². The normalized spacial score (nSPS) is 11.8. The third-order valence-electron chi connectivity index (χ3n) is 3.12. The molecule has 0 fully saturated rings. The third kappa shape index (κ3) is 4.87. The summed E-state index contributed by atoms with van der Waals surface area (Å²) in [6.07, 6.45) is 2.48. The minimum Gasteiger partial charge on any atom is -0.477 e. The van der Waals surface area contributed by atoms with Crippen LogP contribution in [0, 0.1) is 5.92 Å². The van der Waals surface area contributed by atoms with Crippen LogP contribution in [-0.4, -0.2) is 40.6 Å². The second-order valence-corrected chi connectivity index (χ2v) is 4.91. The van der Waals surface area contributed by atoms with Gasteiger partial charge in [-0.25, -0.2) is 14.6 Å². The lowest BCUT2D eigenvalue weighted by atomic mass is 10.1. The van der Waals surface area contributed by atoms with Crippen molar-refractivity contribution in [2.45, 2.75) is 26.8 Å². The number of pyridine rings is 1. The Bertz CT molecular complexity index is 459. The van der Waals surface area contributed by atoms with Crippen molar-refractivity contribution >= 4 is 12.0 Å². The van der Waals surface area contributed by atoms with Gasteiger partial charge in [-0.05, 0) is 17.5 Å². The first-order chi connectivity index (χ1) is 9.43. The van der Waals surface area contributed by atoms with Crippen molar-refractivity contribution in [1.82, 2.24) is 15.2 Å². The van der Waals surface area contributed by atoms with Gasteiger partial charge < -0.3 is 15.3 Å². The summed E-state index contributed by atoms with van der Waals surface area (Å²) in [5.41, 5.74) is 0.759. The van der Waals surface area contributed by atoms with Crippen molar-refractivity contribution in [3.05, 3.63) is 29.6 Å². The summed E-state index contributed by atoms with van der Waals surface area (Å²) >= 11 is 0. The predicted molar refractivity (Wildman–Crippen MR) is 75.5 cm³/mol. The summed E-state index contributed by atoms with van der Waals surface area (Å²) < 4.78 is 0. The van der Waals surface area contributed by atoms with E-state index < -0.39 is 5.97 Å². The van der Waals surface area contributed by atoms with E-state index in [0.717, 1.165) is 12.0 Å². The van der Waals surface area contributed by atoms with Crippen LogP contribution < -0.4 is 5.32 Å². The monoisotopic (exact) mass is 279 g/mol. The van der Waals surface area contributed by atoms with E-state index in [1.165, 1.54) is 12.3 Å². The molecule has 0 bridgehead atoms. The summed E-state index contributed by atoms with van der Waals surface area (Å²) in [6, 6.07) is 2.92. The second kappa shape index (κ2) is 7.47. The van der Waals surface area contributed by atoms with E-state index in [1.807, 2.05) is 0 Å². The molecule has 20 heavy (non-hydrogen) atoms. The minimum atomic E-state index is -1.06. The van der Waals surface area contributed by atoms with E-state index in [0.29, 0.717) is 19.0 Å². The molecule has 2 N–H and O–H groups in total. The number of aromatic nitrogens is 1. The molecular formula is C14H21N3O3. The van der Waals surface area contributed by atoms with E-state index in [4.69, 9.17) is 5.11 Å². The number of nitrogens with one attached hydrogen (secondary N) is 1. The van der Waals surface area contributed by atoms with Gasteiger partial charge in [-0.15, -0.1) is 0 Å². The average Bonchev–Trinajstić information content (AvgIpc) is 2.44. The molecule has 1 aromatic rings. The molecule has 6 nitrogen and oxygen atoms in total. The molecule has 1 atom stereocenters. The van der Waals surface area contributed by atoms with Crippen LogP contribution >= 0.6 is 0 Å². The zero-order valence-electron chi connectivity index (χ0n) is 12.1. The first-order valence-corrected chi connectivity index (χ1v) is 6.61. The van der Waals surface area contributed by atoms with Crippen LogP contribution in [0.5, 0.6) is 0 Å². The van der Waals surface area contributed by atoms with E-state index in [2.05, 4.69) is 24.1 Å². The zero-order chi connectivity index (χ0) is 15.1. The van der Waals surface area contributed by atoms with Gasteiger partial charge in [-0.2, -0.15) is 0 Å². The summed E-state index contributed by atoms with van der Waals surface area (Å²) in [6.45, 7) is 5.22. The molecule has 110 valence electrons. The molecule has 0 aromatic carbocycles. The maximum absolute atomic E-state index is 11.8. The van der Waals surface area contributed by atoms with Crippen LogP contribution in [0.15, 0.2) is 18.3 Å². The molecule has 0 aliphatic heterocycles. The zero-order valence-corrected chi connectivity index (χ0v) is 12.1. The van der Waals surface area contributed by atoms with Gasteiger partial charge in [0.15, 0.2) is 0 Å². The number of aromatic carboxylic acids is 1. The Morgan fingerprint density at radius 2 is 2.15 bits per heavy atom. The van der Waals surface area contributed by atoms with Gasteiger partial charge in [-0.3, -0.25) is 0 Å². The Balaban J connectivity index is 2.46. The first-order valence-electron chi connectivity index (χ1n) is 6.61. The number of hydrogen-bond donors (Lipinski definition) is 2. The maximum atomic E-state index is 11.8. The summed E-state index contributed by atoms with van der Waals surface area (Å²) in [7, 11) is 1.76. The lowest BCUT2D eigenvalue weighted by Crippen LogP contribution is -2.39. The Labute approximate surface area is 118 Å². The highest BCUT2D eigenvalue weighted by atomic mass is 16.4. The van der Waals surface area contributed by atoms with Crippen molar-refractivity contribution in [2.24, 2.45) is 5.92 Å². The molecule has 0 aliphatic rings. The van der Waals surface area contributed by atoms with Crippen molar-refractivity contribution in [3.8, 4) is 0 Å². The van der Waals surface area contributed by atoms with Gasteiger partial charge in [0.2, 0.25) is 0 Å². The van der Waals surface area contributed by atoms with E-state index in [-0.39, 0.29) is 11.7 Å². The van der Waals surface area contributed by atoms with Crippen molar-refractivity contribution in [2.75, 3.05) is 13.6 Å². The number of urea groups is 1. The Kier molecular flexibility index (Phi) is 5.96. The number of carboxylic acid groups (broad SMARTS) is 1. The molecule has 1 aromatic heterocycles. The fraction of sp³-hybridized carbons (Fsp3) is 0.500. The predicted octanol–water partition coefficient (Wildman–Crippen LogP) is 1.97. The number of amides is 2. The fourth-order valence-electron chi connectivity index (χ4n) is 1.65. The quantitative estimate of drug-likeness (QED) is 0.834. The summed E-state index contributed by atoms with van der Waals surface area (Å²) in [4.78, 5) is 27.9. The molecule has 1 heterocycles. The van der Waals surface area contributed by atoms with E-state index >= 15 is 0 Å². The van der Waals surface area contributed by atoms with Crippen molar-refractivity contribution in [3.63, 3.8) is 0 Å². The lowest BCUT2D eigenvalue weighted by molar-refractivity contribution is 0.0690. The Morgan fingerprint density at radius 3 is 2.65 bits per heavy atom. The minimum absolute atomic E-state index is 0.00559. The van der Waals surface area contributed by atoms with Crippen LogP contribution in [0.3, 0.4) is 0 Å².